The Morgan fingerprint density at radius 2 is 1.59 bits per heavy atom. The number of aromatic nitrogens is 4. The van der Waals surface area contributed by atoms with Gasteiger partial charge in [0.25, 0.3) is 5.91 Å². The van der Waals surface area contributed by atoms with Crippen molar-refractivity contribution in [2.75, 3.05) is 77.7 Å². The standard InChI is InChI=1S/C66H83N9O13S.C2HF3O2/c1-40-46(44-20-21-51(70-52(44)58(80)81)73-25-22-42-14-10-15-45(47(42)31-73)57(79)71-61-69-48-16-8-9-17-50(48)89-61)30-68-74(40)39-65-34-63(2)33-64(3,35-65)37-66(36-63,38-65)86-28-26-72(4)62(84)85-32-43-19-18-41(13-11-23-67-24-12-27-75(5,6)7)29-49(43)87-60-55(78)53(76)54(77)56(88-60)59(82)83;3-2(4,5)1(6)7/h8-10,14-21,29-30,53-56,60,67,76-78H,11-13,22-28,31-39H2,1-7H3,(H2-,69,71,79,80,81,82,83);(H,6,7)/t53-,54-,55+,56-,60+,63?,64?,65?,66?;/m0./s1. The van der Waals surface area contributed by atoms with Crippen molar-refractivity contribution < 1.29 is 91.2 Å². The molecule has 5 heterocycles. The average molecular weight is 1360 g/mol. The number of aliphatic hydroxyl groups is 3. The van der Waals surface area contributed by atoms with E-state index in [2.05, 4.69) is 50.6 Å². The Morgan fingerprint density at radius 1 is 0.875 bits per heavy atom. The number of hydrogen-bond donors (Lipinski definition) is 7. The Balaban J connectivity index is 0.00000136. The summed E-state index contributed by atoms with van der Waals surface area (Å²) in [5.74, 6) is -5.29. The second-order valence-electron chi connectivity index (χ2n) is 28.2. The number of nitrogens with zero attached hydrogens (tertiary/aromatic N) is 7. The number of aliphatic carboxylic acids is 2. The molecule has 2 unspecified atom stereocenters. The molecule has 3 aromatic carbocycles. The Bertz CT molecular complexity index is 3810. The maximum atomic E-state index is 13.8. The lowest BCUT2D eigenvalue weighted by atomic mass is 9.39. The molecule has 2 amide bonds. The number of hydrogen-bond acceptors (Lipinski definition) is 19. The molecule has 3 aromatic heterocycles. The van der Waals surface area contributed by atoms with Crippen molar-refractivity contribution >= 4 is 62.4 Å². The third-order valence-electron chi connectivity index (χ3n) is 18.9. The number of alkyl halides is 3. The highest BCUT2D eigenvalue weighted by Crippen LogP contribution is 2.72. The van der Waals surface area contributed by atoms with E-state index in [4.69, 9.17) is 38.9 Å². The van der Waals surface area contributed by atoms with E-state index in [0.717, 1.165) is 108 Å². The number of carbonyl (C=O) groups excluding carboxylic acids is 3. The quantitative estimate of drug-likeness (QED) is 0.0238. The molecule has 1 saturated heterocycles. The first-order valence-corrected chi connectivity index (χ1v) is 32.9. The minimum Gasteiger partial charge on any atom is -0.542 e. The van der Waals surface area contributed by atoms with Gasteiger partial charge in [-0.05, 0) is 141 Å². The molecule has 7 atom stereocenters. The smallest absolute Gasteiger partial charge is 0.430 e. The van der Waals surface area contributed by atoms with Crippen LogP contribution in [0.15, 0.2) is 79.0 Å². The maximum absolute atomic E-state index is 13.8. The SMILES string of the molecule is Cc1c(-c2ccc(N3CCc4cccc(C(=O)Nc5nc6ccccc6s5)c4C3)nc2C(=O)O)cnn1CC12CC3(C)CC(C)(C1)CC(OCCN(C)C(=O)OCc1ccc(CCCNCCC[N+](C)(C)C)cc1O[C@@H]1O[C@H](C(=O)O)[C@@H](O)[C@H](O)[C@H]1O)(C3)C2.O=C([O-])C(F)(F)F. The molecule has 2 aliphatic heterocycles. The van der Waals surface area contributed by atoms with Crippen molar-refractivity contribution in [3.63, 3.8) is 0 Å². The third-order valence-corrected chi connectivity index (χ3v) is 19.8. The number of quaternary nitrogens is 1. The number of amides is 2. The summed E-state index contributed by atoms with van der Waals surface area (Å²) in [5.41, 5.74) is 5.82. The highest BCUT2D eigenvalue weighted by atomic mass is 32.1. The summed E-state index contributed by atoms with van der Waals surface area (Å²) in [5, 5.41) is 72.9. The van der Waals surface area contributed by atoms with E-state index < -0.39 is 66.5 Å². The number of aryl methyl sites for hydroxylation is 1. The van der Waals surface area contributed by atoms with E-state index >= 15 is 0 Å². The van der Waals surface area contributed by atoms with Crippen LogP contribution in [0.2, 0.25) is 0 Å². The fraction of sp³-hybridized carbons (Fsp3) is 0.529. The molecule has 7 N–H and O–H groups in total. The van der Waals surface area contributed by atoms with Gasteiger partial charge in [-0.3, -0.25) is 14.8 Å². The Hall–Kier alpha value is -7.83. The first kappa shape index (κ1) is 71.0. The van der Waals surface area contributed by atoms with Crippen LogP contribution in [0.3, 0.4) is 0 Å². The molecule has 0 radical (unpaired) electrons. The topological polar surface area (TPSA) is 321 Å². The van der Waals surface area contributed by atoms with Gasteiger partial charge in [0.1, 0.15) is 42.5 Å². The fourth-order valence-corrected chi connectivity index (χ4v) is 16.5. The van der Waals surface area contributed by atoms with Gasteiger partial charge < -0.3 is 74.0 Å². The second-order valence-corrected chi connectivity index (χ2v) is 29.2. The number of nitrogens with one attached hydrogen (secondary N) is 2. The van der Waals surface area contributed by atoms with Gasteiger partial charge in [-0.1, -0.05) is 61.6 Å². The first-order valence-electron chi connectivity index (χ1n) is 32.1. The number of ether oxygens (including phenoxy) is 4. The number of anilines is 2. The average Bonchev–Trinajstić information content (AvgIpc) is 0.777. The monoisotopic (exact) mass is 1360 g/mol. The van der Waals surface area contributed by atoms with E-state index in [1.54, 1.807) is 25.4 Å². The van der Waals surface area contributed by atoms with Crippen molar-refractivity contribution in [2.45, 2.75) is 147 Å². The lowest BCUT2D eigenvalue weighted by molar-refractivity contribution is -0.870. The third kappa shape index (κ3) is 16.4. The van der Waals surface area contributed by atoms with Gasteiger partial charge in [-0.25, -0.2) is 24.4 Å². The van der Waals surface area contributed by atoms with Gasteiger partial charge in [-0.15, -0.1) is 0 Å². The molecule has 6 aromatic rings. The first-order chi connectivity index (χ1) is 45.2. The Kier molecular flexibility index (Phi) is 20.9. The van der Waals surface area contributed by atoms with Crippen LogP contribution < -0.4 is 25.4 Å². The van der Waals surface area contributed by atoms with Gasteiger partial charge >= 0.3 is 24.2 Å². The van der Waals surface area contributed by atoms with E-state index in [0.29, 0.717) is 65.7 Å². The molecular formula is C68H84F3N9O15S. The van der Waals surface area contributed by atoms with Crippen molar-refractivity contribution in [3.8, 4) is 16.9 Å². The molecule has 4 aliphatic carbocycles. The molecule has 12 rings (SSSR count). The van der Waals surface area contributed by atoms with Gasteiger partial charge in [0.15, 0.2) is 16.9 Å². The molecule has 5 fully saturated rings. The van der Waals surface area contributed by atoms with Crippen molar-refractivity contribution in [3.05, 3.63) is 118 Å². The fourth-order valence-electron chi connectivity index (χ4n) is 15.6. The molecule has 6 aliphatic rings. The van der Waals surface area contributed by atoms with Crippen LogP contribution in [-0.2, 0) is 56.3 Å². The van der Waals surface area contributed by atoms with E-state index in [9.17, 15) is 57.9 Å². The van der Waals surface area contributed by atoms with Crippen molar-refractivity contribution in [2.24, 2.45) is 16.2 Å². The molecule has 28 heteroatoms. The number of aliphatic hydroxyl groups excluding tert-OH is 3. The van der Waals surface area contributed by atoms with Crippen LogP contribution in [0.5, 0.6) is 5.75 Å². The predicted molar refractivity (Wildman–Crippen MR) is 345 cm³/mol. The highest BCUT2D eigenvalue weighted by molar-refractivity contribution is 7.22. The number of para-hydroxylation sites is 1. The summed E-state index contributed by atoms with van der Waals surface area (Å²) < 4.78 is 59.8. The van der Waals surface area contributed by atoms with E-state index in [-0.39, 0.29) is 53.4 Å². The number of carbonyl (C=O) groups is 5. The van der Waals surface area contributed by atoms with Gasteiger partial charge in [-0.2, -0.15) is 18.3 Å². The van der Waals surface area contributed by atoms with Gasteiger partial charge in [0.05, 0.1) is 56.3 Å². The van der Waals surface area contributed by atoms with Crippen molar-refractivity contribution in [1.82, 2.24) is 30.0 Å². The largest absolute Gasteiger partial charge is 0.542 e. The van der Waals surface area contributed by atoms with Crippen LogP contribution in [0.4, 0.5) is 28.9 Å². The normalized spacial score (nSPS) is 25.2. The summed E-state index contributed by atoms with van der Waals surface area (Å²) in [6.45, 7) is 11.2. The molecule has 24 nitrogen and oxygen atoms in total. The number of thiazole rings is 1. The zero-order chi connectivity index (χ0) is 69.3. The number of fused-ring (bicyclic) bond motifs is 2. The van der Waals surface area contributed by atoms with Crippen LogP contribution in [0, 0.1) is 23.2 Å². The molecule has 0 spiro atoms. The Labute approximate surface area is 557 Å². The maximum Gasteiger partial charge on any atom is 0.430 e. The molecular weight excluding hydrogens is 1270 g/mol. The molecule has 4 bridgehead atoms. The summed E-state index contributed by atoms with van der Waals surface area (Å²) in [4.78, 5) is 74.2. The van der Waals surface area contributed by atoms with Crippen LogP contribution in [0.25, 0.3) is 21.3 Å². The van der Waals surface area contributed by atoms with Crippen LogP contribution in [0.1, 0.15) is 114 Å². The number of likely N-dealkylation sites (N-methyl/N-ethyl adjacent to an activating group) is 1. The second kappa shape index (κ2) is 28.3. The van der Waals surface area contributed by atoms with Gasteiger partial charge in [0.2, 0.25) is 6.29 Å². The van der Waals surface area contributed by atoms with E-state index in [1.165, 1.54) is 16.2 Å². The van der Waals surface area contributed by atoms with Crippen molar-refractivity contribution in [1.29, 1.82) is 0 Å². The number of carboxylic acids is 3. The van der Waals surface area contributed by atoms with E-state index in [1.807, 2.05) is 77.2 Å². The molecule has 518 valence electrons. The number of aromatic carboxylic acids is 1. The minimum atomic E-state index is -5.19. The summed E-state index contributed by atoms with van der Waals surface area (Å²) in [6, 6.07) is 22.5. The zero-order valence-corrected chi connectivity index (χ0v) is 55.6. The number of rotatable bonds is 24. The number of halogens is 3. The lowest BCUT2D eigenvalue weighted by Gasteiger charge is -2.69. The lowest BCUT2D eigenvalue weighted by Crippen LogP contribution is -2.64. The number of benzene rings is 3. The molecule has 4 saturated carbocycles. The Morgan fingerprint density at radius 3 is 2.28 bits per heavy atom. The van der Waals surface area contributed by atoms with Crippen LogP contribution in [-0.4, -0.2) is 195 Å². The summed E-state index contributed by atoms with van der Waals surface area (Å²) >= 11 is 1.42. The predicted octanol–water partition coefficient (Wildman–Crippen LogP) is 6.97. The van der Waals surface area contributed by atoms with Gasteiger partial charge in [0, 0.05) is 74.1 Å². The highest BCUT2D eigenvalue weighted by Gasteiger charge is 2.66. The van der Waals surface area contributed by atoms with Crippen LogP contribution >= 0.6 is 11.3 Å². The molecule has 96 heavy (non-hydrogen) atoms. The number of pyridine rings is 1. The summed E-state index contributed by atoms with van der Waals surface area (Å²) in [6.07, 6.45) is -4.40. The minimum absolute atomic E-state index is 0.00682. The number of carboxylic acid groups (broad SMARTS) is 3. The zero-order valence-electron chi connectivity index (χ0n) is 54.8. The summed E-state index contributed by atoms with van der Waals surface area (Å²) in [7, 11) is 8.13.